The van der Waals surface area contributed by atoms with Crippen molar-refractivity contribution in [2.75, 3.05) is 13.2 Å². The van der Waals surface area contributed by atoms with Gasteiger partial charge in [-0.1, -0.05) is 41.8 Å². The molecule has 0 fully saturated rings. The minimum atomic E-state index is -0.239. The summed E-state index contributed by atoms with van der Waals surface area (Å²) in [5, 5.41) is 5.10. The van der Waals surface area contributed by atoms with E-state index in [1.165, 1.54) is 0 Å². The number of nitrogens with zero attached hydrogens (tertiary/aromatic N) is 1. The highest BCUT2D eigenvalue weighted by Crippen LogP contribution is 2.23. The molecular formula is C27H24ClFN2O. The van der Waals surface area contributed by atoms with E-state index in [4.69, 9.17) is 22.8 Å². The van der Waals surface area contributed by atoms with Gasteiger partial charge in [0.25, 0.3) is 0 Å². The fourth-order valence-corrected chi connectivity index (χ4v) is 3.78. The van der Waals surface area contributed by atoms with Gasteiger partial charge in [-0.15, -0.1) is 6.42 Å². The lowest BCUT2D eigenvalue weighted by atomic mass is 10.1. The molecule has 0 aliphatic rings. The zero-order valence-electron chi connectivity index (χ0n) is 17.7. The quantitative estimate of drug-likeness (QED) is 0.261. The van der Waals surface area contributed by atoms with E-state index in [-0.39, 0.29) is 5.82 Å². The van der Waals surface area contributed by atoms with Gasteiger partial charge in [-0.2, -0.15) is 0 Å². The van der Waals surface area contributed by atoms with Crippen molar-refractivity contribution in [2.45, 2.75) is 19.7 Å². The SMILES string of the molecule is C#Cc1ccc(COCCNCc2cc(F)cc3c2ccn3Cc2ccc(Cl)cc2)cc1. The molecular weight excluding hydrogens is 423 g/mol. The van der Waals surface area contributed by atoms with Gasteiger partial charge < -0.3 is 14.6 Å². The number of ether oxygens (including phenoxy) is 1. The van der Waals surface area contributed by atoms with Crippen LogP contribution >= 0.6 is 11.6 Å². The summed E-state index contributed by atoms with van der Waals surface area (Å²) in [5.41, 5.74) is 4.86. The van der Waals surface area contributed by atoms with E-state index in [9.17, 15) is 4.39 Å². The molecule has 0 saturated carbocycles. The van der Waals surface area contributed by atoms with Gasteiger partial charge >= 0.3 is 0 Å². The van der Waals surface area contributed by atoms with Crippen LogP contribution in [-0.2, 0) is 24.4 Å². The largest absolute Gasteiger partial charge is 0.375 e. The van der Waals surface area contributed by atoms with Gasteiger partial charge in [0.1, 0.15) is 5.82 Å². The molecule has 1 N–H and O–H groups in total. The van der Waals surface area contributed by atoms with Gasteiger partial charge in [-0.3, -0.25) is 0 Å². The minimum Gasteiger partial charge on any atom is -0.375 e. The molecule has 0 saturated heterocycles. The van der Waals surface area contributed by atoms with Crippen LogP contribution in [0.1, 0.15) is 22.3 Å². The second kappa shape index (κ2) is 10.5. The number of aromatic nitrogens is 1. The fraction of sp³-hybridized carbons (Fsp3) is 0.185. The third-order valence-electron chi connectivity index (χ3n) is 5.33. The first-order chi connectivity index (χ1) is 15.6. The van der Waals surface area contributed by atoms with Crippen LogP contribution in [0.3, 0.4) is 0 Å². The van der Waals surface area contributed by atoms with Crippen LogP contribution < -0.4 is 5.32 Å². The molecule has 1 aromatic heterocycles. The summed E-state index contributed by atoms with van der Waals surface area (Å²) in [6.45, 7) is 3.00. The Labute approximate surface area is 192 Å². The van der Waals surface area contributed by atoms with E-state index < -0.39 is 0 Å². The van der Waals surface area contributed by atoms with Gasteiger partial charge in [0.05, 0.1) is 18.7 Å². The predicted molar refractivity (Wildman–Crippen MR) is 128 cm³/mol. The molecule has 3 nitrogen and oxygen atoms in total. The average molecular weight is 447 g/mol. The number of terminal acetylenes is 1. The molecule has 0 amide bonds. The van der Waals surface area contributed by atoms with Crippen LogP contribution in [0.4, 0.5) is 4.39 Å². The topological polar surface area (TPSA) is 26.2 Å². The Hall–Kier alpha value is -3.10. The first-order valence-corrected chi connectivity index (χ1v) is 10.9. The monoisotopic (exact) mass is 446 g/mol. The Bertz CT molecular complexity index is 1220. The van der Waals surface area contributed by atoms with Crippen molar-refractivity contribution >= 4 is 22.5 Å². The zero-order valence-corrected chi connectivity index (χ0v) is 18.4. The number of fused-ring (bicyclic) bond motifs is 1. The molecule has 0 bridgehead atoms. The molecule has 5 heteroatoms. The van der Waals surface area contributed by atoms with Crippen molar-refractivity contribution in [3.05, 3.63) is 106 Å². The van der Waals surface area contributed by atoms with Gasteiger partial charge in [-0.25, -0.2) is 4.39 Å². The normalized spacial score (nSPS) is 11.0. The highest BCUT2D eigenvalue weighted by molar-refractivity contribution is 6.30. The number of rotatable bonds is 9. The van der Waals surface area contributed by atoms with E-state index in [0.717, 1.165) is 33.2 Å². The number of hydrogen-bond acceptors (Lipinski definition) is 2. The van der Waals surface area contributed by atoms with Crippen LogP contribution in [0.2, 0.25) is 5.02 Å². The molecule has 4 rings (SSSR count). The Balaban J connectivity index is 1.32. The van der Waals surface area contributed by atoms with E-state index in [0.29, 0.717) is 37.9 Å². The van der Waals surface area contributed by atoms with Crippen LogP contribution in [0.25, 0.3) is 10.9 Å². The third kappa shape index (κ3) is 5.57. The summed E-state index contributed by atoms with van der Waals surface area (Å²) >= 11 is 5.97. The lowest BCUT2D eigenvalue weighted by molar-refractivity contribution is 0.122. The van der Waals surface area contributed by atoms with Crippen molar-refractivity contribution in [2.24, 2.45) is 0 Å². The van der Waals surface area contributed by atoms with Crippen molar-refractivity contribution < 1.29 is 9.13 Å². The molecule has 1 heterocycles. The summed E-state index contributed by atoms with van der Waals surface area (Å²) < 4.78 is 22.1. The molecule has 32 heavy (non-hydrogen) atoms. The van der Waals surface area contributed by atoms with E-state index in [2.05, 4.69) is 15.8 Å². The Kier molecular flexibility index (Phi) is 7.24. The second-order valence-corrected chi connectivity index (χ2v) is 8.07. The summed E-state index contributed by atoms with van der Waals surface area (Å²) in [4.78, 5) is 0. The summed E-state index contributed by atoms with van der Waals surface area (Å²) in [7, 11) is 0. The van der Waals surface area contributed by atoms with Crippen molar-refractivity contribution in [3.63, 3.8) is 0 Å². The van der Waals surface area contributed by atoms with Crippen LogP contribution in [-0.4, -0.2) is 17.7 Å². The van der Waals surface area contributed by atoms with Gasteiger partial charge in [0.2, 0.25) is 0 Å². The standard InChI is InChI=1S/C27H24ClFN2O/c1-2-20-3-5-22(6-4-20)19-32-14-12-30-17-23-15-25(29)16-27-26(23)11-13-31(27)18-21-7-9-24(28)10-8-21/h1,3-11,13,15-16,30H,12,14,17-19H2. The number of halogens is 2. The first-order valence-electron chi connectivity index (χ1n) is 10.5. The summed E-state index contributed by atoms with van der Waals surface area (Å²) in [5.74, 6) is 2.36. The smallest absolute Gasteiger partial charge is 0.125 e. The van der Waals surface area contributed by atoms with Crippen molar-refractivity contribution in [1.29, 1.82) is 0 Å². The molecule has 0 spiro atoms. The predicted octanol–water partition coefficient (Wildman–Crippen LogP) is 5.77. The maximum Gasteiger partial charge on any atom is 0.125 e. The van der Waals surface area contributed by atoms with Crippen LogP contribution in [0.15, 0.2) is 72.9 Å². The fourth-order valence-electron chi connectivity index (χ4n) is 3.66. The zero-order chi connectivity index (χ0) is 22.3. The molecule has 4 aromatic rings. The minimum absolute atomic E-state index is 0.239. The van der Waals surface area contributed by atoms with Crippen molar-refractivity contribution in [3.8, 4) is 12.3 Å². The maximum absolute atomic E-state index is 14.3. The van der Waals surface area contributed by atoms with E-state index in [1.807, 2.05) is 60.8 Å². The Morgan fingerprint density at radius 1 is 1.00 bits per heavy atom. The highest BCUT2D eigenvalue weighted by atomic mass is 35.5. The Morgan fingerprint density at radius 3 is 2.50 bits per heavy atom. The lowest BCUT2D eigenvalue weighted by Crippen LogP contribution is -2.19. The maximum atomic E-state index is 14.3. The van der Waals surface area contributed by atoms with Crippen molar-refractivity contribution in [1.82, 2.24) is 9.88 Å². The van der Waals surface area contributed by atoms with Gasteiger partial charge in [0.15, 0.2) is 0 Å². The molecule has 0 atom stereocenters. The third-order valence-corrected chi connectivity index (χ3v) is 5.59. The molecule has 0 aliphatic carbocycles. The van der Waals surface area contributed by atoms with Gasteiger partial charge in [0, 0.05) is 41.8 Å². The molecule has 0 unspecified atom stereocenters. The molecule has 0 aliphatic heterocycles. The highest BCUT2D eigenvalue weighted by Gasteiger charge is 2.09. The second-order valence-electron chi connectivity index (χ2n) is 7.64. The number of hydrogen-bond donors (Lipinski definition) is 1. The lowest BCUT2D eigenvalue weighted by Gasteiger charge is -2.10. The van der Waals surface area contributed by atoms with E-state index in [1.54, 1.807) is 12.1 Å². The van der Waals surface area contributed by atoms with Gasteiger partial charge in [-0.05, 0) is 59.2 Å². The van der Waals surface area contributed by atoms with E-state index >= 15 is 0 Å². The number of nitrogens with one attached hydrogen (secondary N) is 1. The molecule has 0 radical (unpaired) electrons. The summed E-state index contributed by atoms with van der Waals surface area (Å²) in [6.07, 6.45) is 7.37. The summed E-state index contributed by atoms with van der Waals surface area (Å²) in [6, 6.07) is 20.7. The Morgan fingerprint density at radius 2 is 1.75 bits per heavy atom. The first kappa shape index (κ1) is 22.1. The molecule has 3 aromatic carbocycles. The number of benzene rings is 3. The van der Waals surface area contributed by atoms with Crippen LogP contribution in [0.5, 0.6) is 0 Å². The average Bonchev–Trinajstić information content (AvgIpc) is 3.20. The van der Waals surface area contributed by atoms with Crippen LogP contribution in [0, 0.1) is 18.2 Å². The molecule has 162 valence electrons.